The van der Waals surface area contributed by atoms with Crippen molar-refractivity contribution in [3.05, 3.63) is 0 Å². The fourth-order valence-corrected chi connectivity index (χ4v) is 3.50. The van der Waals surface area contributed by atoms with Gasteiger partial charge in [0.25, 0.3) is 0 Å². The first kappa shape index (κ1) is 12.9. The van der Waals surface area contributed by atoms with Crippen LogP contribution in [0, 0.1) is 17.3 Å². The molecule has 0 heterocycles. The molecule has 3 heteroatoms. The Morgan fingerprint density at radius 2 is 2.00 bits per heavy atom. The predicted octanol–water partition coefficient (Wildman–Crippen LogP) is 1.70. The number of carbonyl (C=O) groups is 1. The Morgan fingerprint density at radius 3 is 2.40 bits per heavy atom. The third-order valence-corrected chi connectivity index (χ3v) is 5.09. The third-order valence-electron chi connectivity index (χ3n) is 4.24. The van der Waals surface area contributed by atoms with E-state index in [1.54, 1.807) is 0 Å². The van der Waals surface area contributed by atoms with Gasteiger partial charge >= 0.3 is 0 Å². The van der Waals surface area contributed by atoms with Gasteiger partial charge in [-0.2, -0.15) is 0 Å². The Labute approximate surface area is 96.3 Å². The van der Waals surface area contributed by atoms with Gasteiger partial charge in [-0.15, -0.1) is 0 Å². The van der Waals surface area contributed by atoms with Crippen LogP contribution in [-0.4, -0.2) is 21.9 Å². The highest BCUT2D eigenvalue weighted by Crippen LogP contribution is 2.45. The van der Waals surface area contributed by atoms with Gasteiger partial charge in [0.05, 0.1) is 0 Å². The van der Waals surface area contributed by atoms with E-state index in [0.29, 0.717) is 34.5 Å². The van der Waals surface area contributed by atoms with E-state index in [1.165, 1.54) is 0 Å². The number of carbonyl (C=O) groups excluding carboxylic acids is 1. The molecule has 0 aliphatic heterocycles. The van der Waals surface area contributed by atoms with E-state index in [4.69, 9.17) is 4.43 Å². The van der Waals surface area contributed by atoms with Crippen LogP contribution in [0.1, 0.15) is 47.5 Å². The average Bonchev–Trinajstić information content (AvgIpc) is 2.12. The first-order valence-electron chi connectivity index (χ1n) is 5.82. The van der Waals surface area contributed by atoms with Gasteiger partial charge in [-0.3, -0.25) is 4.79 Å². The van der Waals surface area contributed by atoms with Crippen LogP contribution in [0.5, 0.6) is 0 Å². The van der Waals surface area contributed by atoms with Crippen LogP contribution >= 0.6 is 0 Å². The fourth-order valence-electron chi connectivity index (χ4n) is 2.91. The summed E-state index contributed by atoms with van der Waals surface area (Å²) in [4.78, 5) is 11.9. The zero-order valence-corrected chi connectivity index (χ0v) is 12.9. The van der Waals surface area contributed by atoms with Gasteiger partial charge in [0, 0.05) is 6.42 Å². The molecule has 1 fully saturated rings. The summed E-state index contributed by atoms with van der Waals surface area (Å²) in [6, 6.07) is 0. The second-order valence-corrected chi connectivity index (χ2v) is 6.44. The lowest BCUT2D eigenvalue weighted by Crippen LogP contribution is -2.53. The Kier molecular flexibility index (Phi) is 3.46. The van der Waals surface area contributed by atoms with Crippen LogP contribution in [-0.2, 0) is 9.22 Å². The van der Waals surface area contributed by atoms with Gasteiger partial charge in [-0.25, -0.2) is 0 Å². The first-order chi connectivity index (χ1) is 6.73. The summed E-state index contributed by atoms with van der Waals surface area (Å²) in [6.45, 7) is 10.9. The van der Waals surface area contributed by atoms with E-state index in [0.717, 1.165) is 6.42 Å². The van der Waals surface area contributed by atoms with Crippen molar-refractivity contribution in [1.82, 2.24) is 0 Å². The molecule has 1 saturated carbocycles. The summed E-state index contributed by atoms with van der Waals surface area (Å²) < 4.78 is 5.62. The minimum atomic E-state index is -0.511. The van der Waals surface area contributed by atoms with Crippen LogP contribution in [0.3, 0.4) is 0 Å². The van der Waals surface area contributed by atoms with Gasteiger partial charge in [0.1, 0.15) is 16.1 Å². The molecule has 0 amide bonds. The van der Waals surface area contributed by atoms with Gasteiger partial charge < -0.3 is 4.43 Å². The van der Waals surface area contributed by atoms with Crippen LogP contribution < -0.4 is 0 Å². The average molecular weight is 228 g/mol. The van der Waals surface area contributed by atoms with E-state index in [2.05, 4.69) is 27.7 Å². The van der Waals surface area contributed by atoms with Gasteiger partial charge in [0.2, 0.25) is 0 Å². The molecule has 0 bridgehead atoms. The molecule has 1 aliphatic carbocycles. The van der Waals surface area contributed by atoms with Crippen LogP contribution in [0.25, 0.3) is 0 Å². The van der Waals surface area contributed by atoms with Gasteiger partial charge in [0.15, 0.2) is 5.78 Å². The summed E-state index contributed by atoms with van der Waals surface area (Å²) in [5, 5.41) is 0. The molecule has 2 nitrogen and oxygen atoms in total. The fraction of sp³-hybridized carbons (Fsp3) is 0.917. The molecule has 88 valence electrons. The Morgan fingerprint density at radius 1 is 1.47 bits per heavy atom. The zero-order chi connectivity index (χ0) is 11.9. The molecule has 0 spiro atoms. The lowest BCUT2D eigenvalue weighted by Gasteiger charge is -2.47. The highest BCUT2D eigenvalue weighted by molar-refractivity contribution is 6.01. The normalized spacial score (nSPS) is 38.3. The van der Waals surface area contributed by atoms with Crippen LogP contribution in [0.2, 0.25) is 0 Å². The summed E-state index contributed by atoms with van der Waals surface area (Å²) in [7, 11) is 0.638. The number of hydrogen-bond donors (Lipinski definition) is 0. The molecule has 0 aromatic carbocycles. The van der Waals surface area contributed by atoms with E-state index in [-0.39, 0.29) is 5.41 Å². The quantitative estimate of drug-likeness (QED) is 0.639. The van der Waals surface area contributed by atoms with Crippen molar-refractivity contribution in [3.63, 3.8) is 0 Å². The molecular weight excluding hydrogens is 204 g/mol. The lowest BCUT2D eigenvalue weighted by molar-refractivity contribution is -0.147. The standard InChI is InChI=1S/C12H24O2Si/c1-8-9(11(2,3)4)6-7-10(13)12(8,5)14-15/h8-9H,6-7H2,1-5,15H3. The van der Waals surface area contributed by atoms with Crippen molar-refractivity contribution in [2.45, 2.75) is 53.1 Å². The molecule has 0 radical (unpaired) electrons. The molecule has 3 unspecified atom stereocenters. The predicted molar refractivity (Wildman–Crippen MR) is 65.8 cm³/mol. The van der Waals surface area contributed by atoms with Crippen molar-refractivity contribution < 1.29 is 9.22 Å². The monoisotopic (exact) mass is 228 g/mol. The maximum Gasteiger partial charge on any atom is 0.163 e. The largest absolute Gasteiger partial charge is 0.415 e. The Balaban J connectivity index is 2.97. The molecule has 0 saturated heterocycles. The number of Topliss-reactive ketones (excluding diaryl/α,β-unsaturated/α-hetero) is 1. The Hall–Kier alpha value is -0.153. The maximum atomic E-state index is 11.9. The summed E-state index contributed by atoms with van der Waals surface area (Å²) >= 11 is 0. The topological polar surface area (TPSA) is 26.3 Å². The van der Waals surface area contributed by atoms with Crippen LogP contribution in [0.15, 0.2) is 0 Å². The summed E-state index contributed by atoms with van der Waals surface area (Å²) in [6.07, 6.45) is 1.70. The molecule has 1 aliphatic rings. The molecule has 0 aromatic rings. The summed E-state index contributed by atoms with van der Waals surface area (Å²) in [5.41, 5.74) is -0.246. The van der Waals surface area contributed by atoms with E-state index in [1.807, 2.05) is 6.92 Å². The lowest BCUT2D eigenvalue weighted by atomic mass is 9.61. The first-order valence-corrected chi connectivity index (χ1v) is 6.63. The molecule has 3 atom stereocenters. The molecular formula is C12H24O2Si. The van der Waals surface area contributed by atoms with E-state index in [9.17, 15) is 4.79 Å². The smallest absolute Gasteiger partial charge is 0.163 e. The minimum Gasteiger partial charge on any atom is -0.415 e. The molecule has 15 heavy (non-hydrogen) atoms. The van der Waals surface area contributed by atoms with Crippen molar-refractivity contribution >= 4 is 16.3 Å². The number of hydrogen-bond acceptors (Lipinski definition) is 2. The van der Waals surface area contributed by atoms with Crippen molar-refractivity contribution in [2.75, 3.05) is 0 Å². The second kappa shape index (κ2) is 4.02. The molecule has 0 N–H and O–H groups in total. The van der Waals surface area contributed by atoms with Gasteiger partial charge in [-0.05, 0) is 30.6 Å². The third kappa shape index (κ3) is 2.18. The maximum absolute atomic E-state index is 11.9. The highest BCUT2D eigenvalue weighted by Gasteiger charge is 2.48. The SMILES string of the molecule is CC1C(C(C)(C)C)CCC(=O)C1(C)O[SiH3]. The van der Waals surface area contributed by atoms with Crippen molar-refractivity contribution in [1.29, 1.82) is 0 Å². The van der Waals surface area contributed by atoms with Crippen molar-refractivity contribution in [3.8, 4) is 0 Å². The van der Waals surface area contributed by atoms with E-state index >= 15 is 0 Å². The number of rotatable bonds is 1. The van der Waals surface area contributed by atoms with Crippen molar-refractivity contribution in [2.24, 2.45) is 17.3 Å². The van der Waals surface area contributed by atoms with Crippen LogP contribution in [0.4, 0.5) is 0 Å². The minimum absolute atomic E-state index is 0.265. The second-order valence-electron chi connectivity index (χ2n) is 6.03. The van der Waals surface area contributed by atoms with Gasteiger partial charge in [-0.1, -0.05) is 27.7 Å². The molecule has 1 rings (SSSR count). The highest BCUT2D eigenvalue weighted by atomic mass is 28.2. The van der Waals surface area contributed by atoms with E-state index < -0.39 is 5.60 Å². The molecule has 0 aromatic heterocycles. The summed E-state index contributed by atoms with van der Waals surface area (Å²) in [5.74, 6) is 1.20. The Bertz CT molecular complexity index is 257. The number of ketones is 1. The zero-order valence-electron chi connectivity index (χ0n) is 10.9.